The van der Waals surface area contributed by atoms with Gasteiger partial charge in [-0.2, -0.15) is 0 Å². The molecule has 0 atom stereocenters. The van der Waals surface area contributed by atoms with Gasteiger partial charge >= 0.3 is 0 Å². The van der Waals surface area contributed by atoms with E-state index in [2.05, 4.69) is 12.0 Å². The summed E-state index contributed by atoms with van der Waals surface area (Å²) in [5.74, 6) is 2.66. The van der Waals surface area contributed by atoms with Crippen molar-refractivity contribution >= 4 is 34.3 Å². The van der Waals surface area contributed by atoms with Crippen LogP contribution in [0.4, 0.5) is 0 Å². The molecule has 3 aromatic carbocycles. The fourth-order valence-electron chi connectivity index (χ4n) is 3.16. The molecular formula is C24H16ClNOS. The smallest absolute Gasteiger partial charge is 0.251 e. The predicted octanol–water partition coefficient (Wildman–Crippen LogP) is 5.99. The molecule has 2 nitrogen and oxygen atoms in total. The van der Waals surface area contributed by atoms with E-state index in [1.54, 1.807) is 29.4 Å². The summed E-state index contributed by atoms with van der Waals surface area (Å²) in [6.07, 6.45) is 5.56. The van der Waals surface area contributed by atoms with Gasteiger partial charge in [-0.1, -0.05) is 41.4 Å². The van der Waals surface area contributed by atoms with Gasteiger partial charge in [-0.05, 0) is 65.7 Å². The van der Waals surface area contributed by atoms with Gasteiger partial charge in [-0.3, -0.25) is 4.79 Å². The van der Waals surface area contributed by atoms with Crippen LogP contribution in [0.25, 0.3) is 22.0 Å². The molecule has 0 aliphatic rings. The topological polar surface area (TPSA) is 22.0 Å². The van der Waals surface area contributed by atoms with Crippen molar-refractivity contribution < 1.29 is 0 Å². The van der Waals surface area contributed by atoms with E-state index in [-0.39, 0.29) is 5.56 Å². The number of aryl methyl sites for hydroxylation is 1. The van der Waals surface area contributed by atoms with Gasteiger partial charge in [-0.15, -0.1) is 6.42 Å². The van der Waals surface area contributed by atoms with E-state index in [1.165, 1.54) is 0 Å². The Morgan fingerprint density at radius 2 is 1.71 bits per heavy atom. The minimum absolute atomic E-state index is 0.0493. The lowest BCUT2D eigenvalue weighted by molar-refractivity contribution is 0.906. The van der Waals surface area contributed by atoms with Gasteiger partial charge < -0.3 is 4.57 Å². The van der Waals surface area contributed by atoms with Crippen LogP contribution in [0.15, 0.2) is 87.4 Å². The van der Waals surface area contributed by atoms with Crippen LogP contribution in [0.5, 0.6) is 0 Å². The van der Waals surface area contributed by atoms with Crippen molar-refractivity contribution in [3.8, 4) is 23.5 Å². The van der Waals surface area contributed by atoms with Crippen LogP contribution in [0, 0.1) is 12.3 Å². The number of pyridine rings is 1. The summed E-state index contributed by atoms with van der Waals surface area (Å²) in [5, 5.41) is 1.73. The molecule has 4 heteroatoms. The van der Waals surface area contributed by atoms with Gasteiger partial charge in [0.15, 0.2) is 0 Å². The molecule has 0 N–H and O–H groups in total. The van der Waals surface area contributed by atoms with Crippen LogP contribution >= 0.6 is 23.4 Å². The number of aromatic nitrogens is 1. The van der Waals surface area contributed by atoms with Gasteiger partial charge in [0.2, 0.25) is 0 Å². The number of benzene rings is 3. The van der Waals surface area contributed by atoms with Gasteiger partial charge in [0.05, 0.1) is 5.52 Å². The maximum atomic E-state index is 12.5. The minimum Gasteiger partial charge on any atom is -0.311 e. The van der Waals surface area contributed by atoms with E-state index < -0.39 is 0 Å². The molecule has 1 aromatic heterocycles. The predicted molar refractivity (Wildman–Crippen MR) is 118 cm³/mol. The third-order valence-electron chi connectivity index (χ3n) is 4.61. The fourth-order valence-corrected chi connectivity index (χ4v) is 4.14. The Labute approximate surface area is 172 Å². The average Bonchev–Trinajstić information content (AvgIpc) is 2.72. The Hall–Kier alpha value is -2.93. The highest BCUT2D eigenvalue weighted by molar-refractivity contribution is 7.99. The number of nitrogens with zero attached hydrogens (tertiary/aromatic N) is 1. The lowest BCUT2D eigenvalue weighted by Crippen LogP contribution is -2.16. The van der Waals surface area contributed by atoms with Crippen molar-refractivity contribution in [1.29, 1.82) is 0 Å². The van der Waals surface area contributed by atoms with Crippen molar-refractivity contribution in [3.05, 3.63) is 93.7 Å². The lowest BCUT2D eigenvalue weighted by atomic mass is 9.99. The normalized spacial score (nSPS) is 10.8. The molecule has 136 valence electrons. The second-order valence-corrected chi connectivity index (χ2v) is 8.00. The van der Waals surface area contributed by atoms with E-state index in [0.29, 0.717) is 5.02 Å². The summed E-state index contributed by atoms with van der Waals surface area (Å²) in [5.41, 5.74) is 3.44. The second-order valence-electron chi connectivity index (χ2n) is 6.42. The zero-order valence-corrected chi connectivity index (χ0v) is 16.7. The standard InChI is InChI=1S/C24H16ClNOS/c1-3-16-5-4-6-17(13-16)21-15-24(27)26(2)23-12-11-20(14-22(21)23)28-19-9-7-18(25)8-10-19/h1,4-15H,2H3. The van der Waals surface area contributed by atoms with Crippen LogP contribution in [0.3, 0.4) is 0 Å². The summed E-state index contributed by atoms with van der Waals surface area (Å²) in [6.45, 7) is 0. The quantitative estimate of drug-likeness (QED) is 0.393. The monoisotopic (exact) mass is 401 g/mol. The third kappa shape index (κ3) is 3.57. The summed E-state index contributed by atoms with van der Waals surface area (Å²) in [6, 6.07) is 23.3. The molecule has 0 saturated carbocycles. The van der Waals surface area contributed by atoms with Gasteiger partial charge in [0.25, 0.3) is 5.56 Å². The molecular weight excluding hydrogens is 386 g/mol. The first-order valence-corrected chi connectivity index (χ1v) is 9.89. The number of halogens is 1. The first-order chi connectivity index (χ1) is 13.5. The van der Waals surface area contributed by atoms with E-state index in [1.807, 2.05) is 60.7 Å². The maximum absolute atomic E-state index is 12.5. The van der Waals surface area contributed by atoms with Crippen molar-refractivity contribution in [2.24, 2.45) is 7.05 Å². The van der Waals surface area contributed by atoms with Crippen molar-refractivity contribution in [1.82, 2.24) is 4.57 Å². The Morgan fingerprint density at radius 3 is 2.46 bits per heavy atom. The van der Waals surface area contributed by atoms with Gasteiger partial charge in [-0.25, -0.2) is 0 Å². The number of rotatable bonds is 3. The average molecular weight is 402 g/mol. The Balaban J connectivity index is 1.89. The van der Waals surface area contributed by atoms with Crippen molar-refractivity contribution in [3.63, 3.8) is 0 Å². The van der Waals surface area contributed by atoms with Crippen molar-refractivity contribution in [2.75, 3.05) is 0 Å². The number of fused-ring (bicyclic) bond motifs is 1. The molecule has 0 spiro atoms. The SMILES string of the molecule is C#Cc1cccc(-c2cc(=O)n(C)c3ccc(Sc4ccc(Cl)cc4)cc23)c1. The van der Waals surface area contributed by atoms with Crippen molar-refractivity contribution in [2.45, 2.75) is 9.79 Å². The van der Waals surface area contributed by atoms with E-state index in [4.69, 9.17) is 18.0 Å². The first kappa shape index (κ1) is 18.4. The molecule has 28 heavy (non-hydrogen) atoms. The van der Waals surface area contributed by atoms with Gasteiger partial charge in [0, 0.05) is 38.9 Å². The molecule has 0 aliphatic carbocycles. The highest BCUT2D eigenvalue weighted by Gasteiger charge is 2.11. The summed E-state index contributed by atoms with van der Waals surface area (Å²) in [7, 11) is 1.79. The Bertz CT molecular complexity index is 1280. The van der Waals surface area contributed by atoms with E-state index in [0.717, 1.165) is 37.4 Å². The molecule has 0 fully saturated rings. The highest BCUT2D eigenvalue weighted by Crippen LogP contribution is 2.34. The Kier molecular flexibility index (Phi) is 5.00. The molecule has 0 amide bonds. The number of hydrogen-bond donors (Lipinski definition) is 0. The van der Waals surface area contributed by atoms with E-state index in [9.17, 15) is 4.79 Å². The van der Waals surface area contributed by atoms with Crippen LogP contribution in [0.2, 0.25) is 5.02 Å². The molecule has 0 aliphatic heterocycles. The number of hydrogen-bond acceptors (Lipinski definition) is 2. The summed E-state index contributed by atoms with van der Waals surface area (Å²) in [4.78, 5) is 14.7. The summed E-state index contributed by atoms with van der Waals surface area (Å²) < 4.78 is 1.67. The Morgan fingerprint density at radius 1 is 0.964 bits per heavy atom. The highest BCUT2D eigenvalue weighted by atomic mass is 35.5. The molecule has 0 saturated heterocycles. The van der Waals surface area contributed by atoms with Crippen LogP contribution < -0.4 is 5.56 Å². The van der Waals surface area contributed by atoms with Gasteiger partial charge in [0.1, 0.15) is 0 Å². The molecule has 1 heterocycles. The second kappa shape index (κ2) is 7.59. The zero-order valence-electron chi connectivity index (χ0n) is 15.1. The molecule has 0 radical (unpaired) electrons. The van der Waals surface area contributed by atoms with Crippen LogP contribution in [-0.4, -0.2) is 4.57 Å². The molecule has 0 bridgehead atoms. The molecule has 4 rings (SSSR count). The third-order valence-corrected chi connectivity index (χ3v) is 5.86. The maximum Gasteiger partial charge on any atom is 0.251 e. The lowest BCUT2D eigenvalue weighted by Gasteiger charge is -2.12. The van der Waals surface area contributed by atoms with Crippen LogP contribution in [-0.2, 0) is 7.05 Å². The fraction of sp³-hybridized carbons (Fsp3) is 0.0417. The van der Waals surface area contributed by atoms with E-state index >= 15 is 0 Å². The summed E-state index contributed by atoms with van der Waals surface area (Å²) >= 11 is 7.64. The minimum atomic E-state index is -0.0493. The van der Waals surface area contributed by atoms with Crippen LogP contribution in [0.1, 0.15) is 5.56 Å². The number of terminal acetylenes is 1. The first-order valence-electron chi connectivity index (χ1n) is 8.69. The largest absolute Gasteiger partial charge is 0.311 e. The zero-order chi connectivity index (χ0) is 19.7. The molecule has 0 unspecified atom stereocenters. The molecule has 4 aromatic rings.